The number of rotatable bonds is 1. The summed E-state index contributed by atoms with van der Waals surface area (Å²) in [7, 11) is 0. The molecule has 92 valence electrons. The monoisotopic (exact) mass is 234 g/mol. The molecule has 0 aliphatic heterocycles. The van der Waals surface area contributed by atoms with Crippen LogP contribution < -0.4 is 5.43 Å². The van der Waals surface area contributed by atoms with Crippen LogP contribution in [0, 0.1) is 13.8 Å². The average Bonchev–Trinajstić information content (AvgIpc) is 2.32. The molecule has 3 heteroatoms. The Morgan fingerprint density at radius 3 is 2.47 bits per heavy atom. The van der Waals surface area contributed by atoms with Crippen LogP contribution >= 0.6 is 0 Å². The predicted octanol–water partition coefficient (Wildman–Crippen LogP) is 2.44. The lowest BCUT2D eigenvalue weighted by Gasteiger charge is -2.31. The Hall–Kier alpha value is -1.38. The number of ketones is 1. The second kappa shape index (κ2) is 3.83. The summed E-state index contributed by atoms with van der Waals surface area (Å²) in [6.07, 6.45) is 1.64. The Morgan fingerprint density at radius 2 is 1.88 bits per heavy atom. The lowest BCUT2D eigenvalue weighted by atomic mass is 9.72. The number of fused-ring (bicyclic) bond motifs is 1. The zero-order valence-electron chi connectivity index (χ0n) is 10.8. The van der Waals surface area contributed by atoms with Gasteiger partial charge in [-0.3, -0.25) is 9.59 Å². The second-order valence-electron chi connectivity index (χ2n) is 5.03. The molecular formula is C14H18O3. The summed E-state index contributed by atoms with van der Waals surface area (Å²) in [5.74, 6) is 1.41. The van der Waals surface area contributed by atoms with Crippen LogP contribution in [0.15, 0.2) is 9.21 Å². The van der Waals surface area contributed by atoms with Crippen molar-refractivity contribution in [3.8, 4) is 0 Å². The number of carbonyl (C=O) groups excluding carboxylic acids is 1. The number of aryl methyl sites for hydroxylation is 1. The molecule has 0 amide bonds. The smallest absolute Gasteiger partial charge is 0.191 e. The van der Waals surface area contributed by atoms with Crippen molar-refractivity contribution in [2.45, 2.75) is 52.4 Å². The van der Waals surface area contributed by atoms with E-state index in [1.165, 1.54) is 0 Å². The normalized spacial score (nSPS) is 23.6. The van der Waals surface area contributed by atoms with Crippen LogP contribution in [0.2, 0.25) is 0 Å². The minimum atomic E-state index is -0.620. The molecule has 0 saturated carbocycles. The maximum absolute atomic E-state index is 12.2. The predicted molar refractivity (Wildman–Crippen MR) is 65.4 cm³/mol. The van der Waals surface area contributed by atoms with Gasteiger partial charge in [0.1, 0.15) is 17.3 Å². The fourth-order valence-electron chi connectivity index (χ4n) is 2.45. The number of hydrogen-bond donors (Lipinski definition) is 0. The van der Waals surface area contributed by atoms with Gasteiger partial charge in [-0.1, -0.05) is 6.92 Å². The first-order chi connectivity index (χ1) is 7.91. The first-order valence-electron chi connectivity index (χ1n) is 6.08. The molecule has 0 spiro atoms. The van der Waals surface area contributed by atoms with Gasteiger partial charge in [-0.15, -0.1) is 0 Å². The molecule has 1 aromatic heterocycles. The Morgan fingerprint density at radius 1 is 1.24 bits per heavy atom. The van der Waals surface area contributed by atoms with Crippen molar-refractivity contribution in [3.05, 3.63) is 32.9 Å². The van der Waals surface area contributed by atoms with Crippen LogP contribution in [0.1, 0.15) is 49.3 Å². The SMILES string of the molecule is CCC1(C)C(=O)CCc2c1oc(C)c(C)c2=O. The molecule has 1 aliphatic rings. The van der Waals surface area contributed by atoms with Gasteiger partial charge in [0.15, 0.2) is 5.43 Å². The lowest BCUT2D eigenvalue weighted by Crippen LogP contribution is -2.39. The van der Waals surface area contributed by atoms with E-state index in [1.54, 1.807) is 13.8 Å². The van der Waals surface area contributed by atoms with Crippen LogP contribution in [0.4, 0.5) is 0 Å². The topological polar surface area (TPSA) is 47.3 Å². The van der Waals surface area contributed by atoms with Crippen LogP contribution in [-0.4, -0.2) is 5.78 Å². The summed E-state index contributed by atoms with van der Waals surface area (Å²) in [6, 6.07) is 0. The number of hydrogen-bond acceptors (Lipinski definition) is 3. The molecule has 0 aromatic carbocycles. The van der Waals surface area contributed by atoms with Crippen molar-refractivity contribution >= 4 is 5.78 Å². The highest BCUT2D eigenvalue weighted by Crippen LogP contribution is 2.36. The molecule has 0 bridgehead atoms. The van der Waals surface area contributed by atoms with Crippen LogP contribution in [-0.2, 0) is 16.6 Å². The number of carbonyl (C=O) groups is 1. The maximum atomic E-state index is 12.2. The van der Waals surface area contributed by atoms with E-state index < -0.39 is 5.41 Å². The van der Waals surface area contributed by atoms with Gasteiger partial charge >= 0.3 is 0 Å². The molecule has 1 aromatic rings. The van der Waals surface area contributed by atoms with Crippen LogP contribution in [0.5, 0.6) is 0 Å². The highest BCUT2D eigenvalue weighted by atomic mass is 16.3. The first kappa shape index (κ1) is 12.1. The van der Waals surface area contributed by atoms with Gasteiger partial charge in [-0.2, -0.15) is 0 Å². The van der Waals surface area contributed by atoms with Crippen molar-refractivity contribution in [1.82, 2.24) is 0 Å². The van der Waals surface area contributed by atoms with E-state index in [0.717, 1.165) is 0 Å². The maximum Gasteiger partial charge on any atom is 0.191 e. The Labute approximate surface area is 101 Å². The summed E-state index contributed by atoms with van der Waals surface area (Å²) in [6.45, 7) is 7.40. The molecule has 1 atom stereocenters. The van der Waals surface area contributed by atoms with Gasteiger partial charge in [0.05, 0.1) is 5.41 Å². The standard InChI is InChI=1S/C14H18O3/c1-5-14(4)11(15)7-6-10-12(16)8(2)9(3)17-13(10)14/h5-7H2,1-4H3. The first-order valence-corrected chi connectivity index (χ1v) is 6.08. The molecule has 0 fully saturated rings. The molecule has 0 N–H and O–H groups in total. The number of Topliss-reactive ketones (excluding diaryl/α,β-unsaturated/α-hetero) is 1. The van der Waals surface area contributed by atoms with Gasteiger partial charge < -0.3 is 4.42 Å². The summed E-state index contributed by atoms with van der Waals surface area (Å²) >= 11 is 0. The van der Waals surface area contributed by atoms with Gasteiger partial charge in [0.2, 0.25) is 0 Å². The average molecular weight is 234 g/mol. The molecule has 1 aliphatic carbocycles. The van der Waals surface area contributed by atoms with Crippen LogP contribution in [0.25, 0.3) is 0 Å². The van der Waals surface area contributed by atoms with Crippen molar-refractivity contribution < 1.29 is 9.21 Å². The van der Waals surface area contributed by atoms with E-state index in [0.29, 0.717) is 41.9 Å². The van der Waals surface area contributed by atoms with Gasteiger partial charge in [0, 0.05) is 17.5 Å². The van der Waals surface area contributed by atoms with Gasteiger partial charge in [-0.25, -0.2) is 0 Å². The minimum absolute atomic E-state index is 0.0518. The molecule has 17 heavy (non-hydrogen) atoms. The zero-order chi connectivity index (χ0) is 12.8. The zero-order valence-corrected chi connectivity index (χ0v) is 10.8. The summed E-state index contributed by atoms with van der Waals surface area (Å²) in [4.78, 5) is 24.2. The third-order valence-electron chi connectivity index (χ3n) is 4.10. The quantitative estimate of drug-likeness (QED) is 0.749. The Balaban J connectivity index is 2.78. The summed E-state index contributed by atoms with van der Waals surface area (Å²) < 4.78 is 5.77. The molecule has 3 nitrogen and oxygen atoms in total. The summed E-state index contributed by atoms with van der Waals surface area (Å²) in [5.41, 5.74) is 0.801. The molecule has 0 saturated heterocycles. The molecule has 1 unspecified atom stereocenters. The van der Waals surface area contributed by atoms with Crippen molar-refractivity contribution in [1.29, 1.82) is 0 Å². The Kier molecular flexibility index (Phi) is 2.72. The van der Waals surface area contributed by atoms with E-state index in [2.05, 4.69) is 0 Å². The van der Waals surface area contributed by atoms with E-state index in [1.807, 2.05) is 13.8 Å². The van der Waals surface area contributed by atoms with Crippen molar-refractivity contribution in [3.63, 3.8) is 0 Å². The highest BCUT2D eigenvalue weighted by molar-refractivity contribution is 5.91. The fraction of sp³-hybridized carbons (Fsp3) is 0.571. The van der Waals surface area contributed by atoms with Crippen LogP contribution in [0.3, 0.4) is 0 Å². The van der Waals surface area contributed by atoms with Crippen molar-refractivity contribution in [2.24, 2.45) is 0 Å². The third-order valence-corrected chi connectivity index (χ3v) is 4.10. The summed E-state index contributed by atoms with van der Waals surface area (Å²) in [5, 5.41) is 0. The largest absolute Gasteiger partial charge is 0.464 e. The van der Waals surface area contributed by atoms with E-state index in [-0.39, 0.29) is 11.2 Å². The van der Waals surface area contributed by atoms with E-state index >= 15 is 0 Å². The highest BCUT2D eigenvalue weighted by Gasteiger charge is 2.41. The van der Waals surface area contributed by atoms with Gasteiger partial charge in [0.25, 0.3) is 0 Å². The van der Waals surface area contributed by atoms with Gasteiger partial charge in [-0.05, 0) is 33.6 Å². The fourth-order valence-corrected chi connectivity index (χ4v) is 2.45. The third kappa shape index (κ3) is 1.56. The van der Waals surface area contributed by atoms with E-state index in [4.69, 9.17) is 4.42 Å². The second-order valence-corrected chi connectivity index (χ2v) is 5.03. The van der Waals surface area contributed by atoms with E-state index in [9.17, 15) is 9.59 Å². The Bertz CT molecular complexity index is 539. The molecule has 2 rings (SSSR count). The lowest BCUT2D eigenvalue weighted by molar-refractivity contribution is -0.125. The molecular weight excluding hydrogens is 216 g/mol. The molecule has 0 radical (unpaired) electrons. The minimum Gasteiger partial charge on any atom is -0.464 e. The van der Waals surface area contributed by atoms with Crippen molar-refractivity contribution in [2.75, 3.05) is 0 Å². The molecule has 1 heterocycles.